The first-order valence-corrected chi connectivity index (χ1v) is 10.0. The second-order valence-electron chi connectivity index (χ2n) is 6.59. The molecule has 0 saturated heterocycles. The Morgan fingerprint density at radius 3 is 2.41 bits per heavy atom. The fraction of sp³-hybridized carbons (Fsp3) is 0.364. The van der Waals surface area contributed by atoms with E-state index < -0.39 is 0 Å². The summed E-state index contributed by atoms with van der Waals surface area (Å²) in [6, 6.07) is 15.6. The van der Waals surface area contributed by atoms with E-state index in [0.717, 1.165) is 53.5 Å². The van der Waals surface area contributed by atoms with Crippen molar-refractivity contribution in [3.63, 3.8) is 0 Å². The lowest BCUT2D eigenvalue weighted by Gasteiger charge is -2.08. The van der Waals surface area contributed by atoms with Gasteiger partial charge in [-0.1, -0.05) is 49.4 Å². The van der Waals surface area contributed by atoms with Gasteiger partial charge in [0.15, 0.2) is 0 Å². The van der Waals surface area contributed by atoms with Gasteiger partial charge >= 0.3 is 0 Å². The lowest BCUT2D eigenvalue weighted by atomic mass is 10.1. The van der Waals surface area contributed by atoms with Gasteiger partial charge in [0.05, 0.1) is 12.1 Å². The standard InChI is InChI=1S/C22H26ClN3O/c23-18-11-13-19(14-12-18)27-16-8-4-2-1-3-7-15-24-22-20-9-5-6-10-21(20)25-17-26-22/h5-6,9-14,17H,1-4,7-8,15-16H2,(H,24,25,26). The van der Waals surface area contributed by atoms with Crippen molar-refractivity contribution >= 4 is 28.3 Å². The highest BCUT2D eigenvalue weighted by molar-refractivity contribution is 6.30. The Labute approximate surface area is 165 Å². The average molecular weight is 384 g/mol. The van der Waals surface area contributed by atoms with Crippen molar-refractivity contribution in [3.05, 3.63) is 59.9 Å². The molecule has 0 aliphatic carbocycles. The van der Waals surface area contributed by atoms with Crippen LogP contribution in [0.3, 0.4) is 0 Å². The molecular formula is C22H26ClN3O. The maximum absolute atomic E-state index is 5.86. The van der Waals surface area contributed by atoms with E-state index in [1.54, 1.807) is 6.33 Å². The third-order valence-corrected chi connectivity index (χ3v) is 4.74. The maximum Gasteiger partial charge on any atom is 0.137 e. The van der Waals surface area contributed by atoms with Crippen LogP contribution in [0.25, 0.3) is 10.9 Å². The molecule has 0 aliphatic rings. The van der Waals surface area contributed by atoms with Crippen LogP contribution in [0.4, 0.5) is 5.82 Å². The third-order valence-electron chi connectivity index (χ3n) is 4.49. The first kappa shape index (κ1) is 19.4. The van der Waals surface area contributed by atoms with E-state index in [1.807, 2.05) is 42.5 Å². The fourth-order valence-electron chi connectivity index (χ4n) is 3.01. The molecule has 0 radical (unpaired) electrons. The van der Waals surface area contributed by atoms with Crippen LogP contribution in [-0.4, -0.2) is 23.1 Å². The van der Waals surface area contributed by atoms with Gasteiger partial charge in [-0.15, -0.1) is 0 Å². The van der Waals surface area contributed by atoms with Gasteiger partial charge in [0.1, 0.15) is 17.9 Å². The highest BCUT2D eigenvalue weighted by Crippen LogP contribution is 2.18. The monoisotopic (exact) mass is 383 g/mol. The maximum atomic E-state index is 5.86. The summed E-state index contributed by atoms with van der Waals surface area (Å²) in [5.74, 6) is 1.82. The molecule has 0 saturated carbocycles. The molecule has 4 nitrogen and oxygen atoms in total. The number of nitrogens with zero attached hydrogens (tertiary/aromatic N) is 2. The van der Waals surface area contributed by atoms with Crippen molar-refractivity contribution < 1.29 is 4.74 Å². The second kappa shape index (κ2) is 10.7. The number of para-hydroxylation sites is 1. The van der Waals surface area contributed by atoms with Crippen LogP contribution >= 0.6 is 11.6 Å². The summed E-state index contributed by atoms with van der Waals surface area (Å²) in [7, 11) is 0. The number of aromatic nitrogens is 2. The summed E-state index contributed by atoms with van der Waals surface area (Å²) in [4.78, 5) is 8.65. The number of unbranched alkanes of at least 4 members (excludes halogenated alkanes) is 5. The van der Waals surface area contributed by atoms with Crippen LogP contribution < -0.4 is 10.1 Å². The molecule has 0 amide bonds. The molecule has 3 rings (SSSR count). The van der Waals surface area contributed by atoms with Crippen LogP contribution in [0.1, 0.15) is 38.5 Å². The van der Waals surface area contributed by atoms with Gasteiger partial charge in [0.25, 0.3) is 0 Å². The third kappa shape index (κ3) is 6.40. The molecule has 5 heteroatoms. The summed E-state index contributed by atoms with van der Waals surface area (Å²) in [5.41, 5.74) is 0.982. The lowest BCUT2D eigenvalue weighted by Crippen LogP contribution is -2.04. The number of rotatable bonds is 11. The Morgan fingerprint density at radius 2 is 1.56 bits per heavy atom. The minimum absolute atomic E-state index is 0.740. The zero-order chi connectivity index (χ0) is 18.7. The van der Waals surface area contributed by atoms with Crippen molar-refractivity contribution in [2.45, 2.75) is 38.5 Å². The van der Waals surface area contributed by atoms with Crippen molar-refractivity contribution in [1.82, 2.24) is 9.97 Å². The highest BCUT2D eigenvalue weighted by Gasteiger charge is 2.01. The zero-order valence-electron chi connectivity index (χ0n) is 15.5. The highest BCUT2D eigenvalue weighted by atomic mass is 35.5. The Hall–Kier alpha value is -2.33. The van der Waals surface area contributed by atoms with Gasteiger partial charge in [0.2, 0.25) is 0 Å². The van der Waals surface area contributed by atoms with Gasteiger partial charge in [-0.05, 0) is 49.2 Å². The Morgan fingerprint density at radius 1 is 0.815 bits per heavy atom. The van der Waals surface area contributed by atoms with Gasteiger partial charge in [-0.2, -0.15) is 0 Å². The smallest absolute Gasteiger partial charge is 0.137 e. The molecule has 1 heterocycles. The van der Waals surface area contributed by atoms with E-state index >= 15 is 0 Å². The van der Waals surface area contributed by atoms with Crippen LogP contribution in [0.5, 0.6) is 5.75 Å². The van der Waals surface area contributed by atoms with E-state index in [4.69, 9.17) is 16.3 Å². The van der Waals surface area contributed by atoms with E-state index in [9.17, 15) is 0 Å². The largest absolute Gasteiger partial charge is 0.494 e. The summed E-state index contributed by atoms with van der Waals surface area (Å²) in [5, 5.41) is 5.26. The van der Waals surface area contributed by atoms with Gasteiger partial charge < -0.3 is 10.1 Å². The number of halogens is 1. The summed E-state index contributed by atoms with van der Waals surface area (Å²) in [6.45, 7) is 1.71. The summed E-state index contributed by atoms with van der Waals surface area (Å²) < 4.78 is 5.71. The number of nitrogens with one attached hydrogen (secondary N) is 1. The Bertz CT molecular complexity index is 818. The van der Waals surface area contributed by atoms with Gasteiger partial charge in [-0.3, -0.25) is 0 Å². The molecule has 0 bridgehead atoms. The van der Waals surface area contributed by atoms with Crippen LogP contribution in [0, 0.1) is 0 Å². The summed E-state index contributed by atoms with van der Waals surface area (Å²) in [6.07, 6.45) is 8.81. The molecule has 0 unspecified atom stereocenters. The van der Waals surface area contributed by atoms with Crippen LogP contribution in [0.15, 0.2) is 54.9 Å². The molecule has 0 atom stereocenters. The van der Waals surface area contributed by atoms with Crippen LogP contribution in [0.2, 0.25) is 5.02 Å². The molecule has 1 aromatic heterocycles. The number of fused-ring (bicyclic) bond motifs is 1. The van der Waals surface area contributed by atoms with Crippen LogP contribution in [-0.2, 0) is 0 Å². The molecule has 142 valence electrons. The number of hydrogen-bond acceptors (Lipinski definition) is 4. The minimum atomic E-state index is 0.740. The molecule has 27 heavy (non-hydrogen) atoms. The lowest BCUT2D eigenvalue weighted by molar-refractivity contribution is 0.304. The first-order chi connectivity index (χ1) is 13.3. The van der Waals surface area contributed by atoms with Crippen molar-refractivity contribution in [2.24, 2.45) is 0 Å². The van der Waals surface area contributed by atoms with E-state index in [-0.39, 0.29) is 0 Å². The molecule has 0 aliphatic heterocycles. The van der Waals surface area contributed by atoms with E-state index in [2.05, 4.69) is 21.4 Å². The topological polar surface area (TPSA) is 47.0 Å². The zero-order valence-corrected chi connectivity index (χ0v) is 16.3. The predicted octanol–water partition coefficient (Wildman–Crippen LogP) is 6.11. The second-order valence-corrected chi connectivity index (χ2v) is 7.03. The SMILES string of the molecule is Clc1ccc(OCCCCCCCCNc2ncnc3ccccc23)cc1. The van der Waals surface area contributed by atoms with Crippen molar-refractivity contribution in [1.29, 1.82) is 0 Å². The average Bonchev–Trinajstić information content (AvgIpc) is 2.71. The number of ether oxygens (including phenoxy) is 1. The Balaban J connectivity index is 1.22. The molecule has 2 aromatic carbocycles. The van der Waals surface area contributed by atoms with Gasteiger partial charge in [0, 0.05) is 17.0 Å². The van der Waals surface area contributed by atoms with Crippen molar-refractivity contribution in [3.8, 4) is 5.75 Å². The number of benzene rings is 2. The van der Waals surface area contributed by atoms with E-state index in [1.165, 1.54) is 25.7 Å². The molecule has 1 N–H and O–H groups in total. The summed E-state index contributed by atoms with van der Waals surface area (Å²) >= 11 is 5.86. The minimum Gasteiger partial charge on any atom is -0.494 e. The van der Waals surface area contributed by atoms with Gasteiger partial charge in [-0.25, -0.2) is 9.97 Å². The molecule has 3 aromatic rings. The molecule has 0 fully saturated rings. The normalized spacial score (nSPS) is 10.9. The fourth-order valence-corrected chi connectivity index (χ4v) is 3.13. The van der Waals surface area contributed by atoms with E-state index in [0.29, 0.717) is 0 Å². The molecule has 0 spiro atoms. The van der Waals surface area contributed by atoms with Crippen molar-refractivity contribution in [2.75, 3.05) is 18.5 Å². The molecular weight excluding hydrogens is 358 g/mol. The number of anilines is 1. The first-order valence-electron chi connectivity index (χ1n) is 9.65. The number of hydrogen-bond donors (Lipinski definition) is 1. The Kier molecular flexibility index (Phi) is 7.72. The predicted molar refractivity (Wildman–Crippen MR) is 113 cm³/mol. The quantitative estimate of drug-likeness (QED) is 0.405.